The molecule has 0 saturated carbocycles. The number of nitrogens with zero attached hydrogens (tertiary/aromatic N) is 1. The molecule has 0 spiro atoms. The second-order valence-electron chi connectivity index (χ2n) is 7.22. The van der Waals surface area contributed by atoms with Crippen LogP contribution in [0.5, 0.6) is 17.2 Å². The Balaban J connectivity index is 1.81. The van der Waals surface area contributed by atoms with Gasteiger partial charge in [-0.25, -0.2) is 0 Å². The highest BCUT2D eigenvalue weighted by Crippen LogP contribution is 2.28. The van der Waals surface area contributed by atoms with Gasteiger partial charge in [-0.05, 0) is 60.9 Å². The van der Waals surface area contributed by atoms with Gasteiger partial charge in [0.25, 0.3) is 5.91 Å². The van der Waals surface area contributed by atoms with Gasteiger partial charge < -0.3 is 19.1 Å². The van der Waals surface area contributed by atoms with Gasteiger partial charge in [0.05, 0.1) is 31.4 Å². The average molecular weight is 454 g/mol. The summed E-state index contributed by atoms with van der Waals surface area (Å²) in [5.41, 5.74) is 2.56. The number of carbonyl (C=O) groups excluding carboxylic acids is 1. The van der Waals surface area contributed by atoms with Crippen molar-refractivity contribution in [2.75, 3.05) is 27.4 Å². The smallest absolute Gasteiger partial charge is 0.255 e. The molecule has 0 unspecified atom stereocenters. The molecule has 0 N–H and O–H groups in total. The lowest BCUT2D eigenvalue weighted by molar-refractivity contribution is 0.0745. The van der Waals surface area contributed by atoms with E-state index in [0.717, 1.165) is 16.9 Å². The number of hydrogen-bond donors (Lipinski definition) is 0. The Hall–Kier alpha value is -3.18. The normalized spacial score (nSPS) is 10.5. The van der Waals surface area contributed by atoms with E-state index in [1.54, 1.807) is 26.4 Å². The monoisotopic (exact) mass is 453 g/mol. The third-order valence-corrected chi connectivity index (χ3v) is 5.45. The first-order valence-electron chi connectivity index (χ1n) is 10.5. The van der Waals surface area contributed by atoms with Crippen LogP contribution in [0, 0.1) is 0 Å². The average Bonchev–Trinajstić information content (AvgIpc) is 2.82. The summed E-state index contributed by atoms with van der Waals surface area (Å²) in [6, 6.07) is 20.7. The van der Waals surface area contributed by atoms with Crippen LogP contribution < -0.4 is 14.2 Å². The van der Waals surface area contributed by atoms with Gasteiger partial charge in [0, 0.05) is 13.1 Å². The molecule has 5 nitrogen and oxygen atoms in total. The Bertz CT molecular complexity index is 1040. The summed E-state index contributed by atoms with van der Waals surface area (Å²) in [6.45, 7) is 3.55. The molecule has 168 valence electrons. The van der Waals surface area contributed by atoms with E-state index >= 15 is 0 Å². The van der Waals surface area contributed by atoms with E-state index in [2.05, 4.69) is 0 Å². The number of carbonyl (C=O) groups is 1. The molecule has 0 heterocycles. The van der Waals surface area contributed by atoms with Crippen molar-refractivity contribution in [3.63, 3.8) is 0 Å². The first-order chi connectivity index (χ1) is 15.5. The molecule has 0 aliphatic heterocycles. The SMILES string of the molecule is CCOc1ccc(CN(CCc2ccc(OC)c(OC)c2)C(=O)c2ccccc2Cl)cc1. The second kappa shape index (κ2) is 11.4. The first kappa shape index (κ1) is 23.5. The van der Waals surface area contributed by atoms with Crippen LogP contribution in [0.3, 0.4) is 0 Å². The van der Waals surface area contributed by atoms with Crippen LogP contribution in [-0.4, -0.2) is 38.2 Å². The van der Waals surface area contributed by atoms with Crippen molar-refractivity contribution in [3.8, 4) is 17.2 Å². The molecule has 3 rings (SSSR count). The molecule has 3 aromatic carbocycles. The molecule has 0 aliphatic rings. The molecule has 1 amide bonds. The summed E-state index contributed by atoms with van der Waals surface area (Å²) >= 11 is 6.32. The summed E-state index contributed by atoms with van der Waals surface area (Å²) in [4.78, 5) is 15.2. The van der Waals surface area contributed by atoms with Gasteiger partial charge in [-0.3, -0.25) is 4.79 Å². The van der Waals surface area contributed by atoms with Crippen molar-refractivity contribution >= 4 is 17.5 Å². The summed E-state index contributed by atoms with van der Waals surface area (Å²) in [5.74, 6) is 2.05. The predicted octanol–water partition coefficient (Wildman–Crippen LogP) is 5.64. The summed E-state index contributed by atoms with van der Waals surface area (Å²) in [7, 11) is 3.22. The lowest BCUT2D eigenvalue weighted by Crippen LogP contribution is -2.32. The molecule has 0 atom stereocenters. The largest absolute Gasteiger partial charge is 0.494 e. The molecule has 0 fully saturated rings. The van der Waals surface area contributed by atoms with E-state index < -0.39 is 0 Å². The van der Waals surface area contributed by atoms with Crippen LogP contribution in [0.4, 0.5) is 0 Å². The van der Waals surface area contributed by atoms with Gasteiger partial charge in [0.2, 0.25) is 0 Å². The number of benzene rings is 3. The maximum Gasteiger partial charge on any atom is 0.255 e. The molecule has 0 aliphatic carbocycles. The van der Waals surface area contributed by atoms with E-state index in [-0.39, 0.29) is 5.91 Å². The zero-order valence-electron chi connectivity index (χ0n) is 18.6. The fraction of sp³-hybridized carbons (Fsp3) is 0.269. The predicted molar refractivity (Wildman–Crippen MR) is 127 cm³/mol. The zero-order valence-corrected chi connectivity index (χ0v) is 19.4. The van der Waals surface area contributed by atoms with E-state index in [9.17, 15) is 4.79 Å². The summed E-state index contributed by atoms with van der Waals surface area (Å²) in [6.07, 6.45) is 0.660. The lowest BCUT2D eigenvalue weighted by atomic mass is 10.1. The fourth-order valence-electron chi connectivity index (χ4n) is 3.44. The Morgan fingerprint density at radius 2 is 1.59 bits per heavy atom. The van der Waals surface area contributed by atoms with Gasteiger partial charge >= 0.3 is 0 Å². The van der Waals surface area contributed by atoms with E-state index in [4.69, 9.17) is 25.8 Å². The Morgan fingerprint density at radius 3 is 2.25 bits per heavy atom. The molecule has 6 heteroatoms. The van der Waals surface area contributed by atoms with Gasteiger partial charge in [0.15, 0.2) is 11.5 Å². The topological polar surface area (TPSA) is 48.0 Å². The number of ether oxygens (including phenoxy) is 3. The van der Waals surface area contributed by atoms with Crippen molar-refractivity contribution in [2.45, 2.75) is 19.9 Å². The molecule has 0 saturated heterocycles. The van der Waals surface area contributed by atoms with Crippen LogP contribution >= 0.6 is 11.6 Å². The molecular weight excluding hydrogens is 426 g/mol. The fourth-order valence-corrected chi connectivity index (χ4v) is 3.65. The van der Waals surface area contributed by atoms with Crippen molar-refractivity contribution < 1.29 is 19.0 Å². The summed E-state index contributed by atoms with van der Waals surface area (Å²) < 4.78 is 16.2. The standard InChI is InChI=1S/C26H28ClNO4/c1-4-32-21-12-9-20(10-13-21)18-28(26(29)22-7-5-6-8-23(22)27)16-15-19-11-14-24(30-2)25(17-19)31-3/h5-14,17H,4,15-16,18H2,1-3H3. The Morgan fingerprint density at radius 1 is 0.906 bits per heavy atom. The molecule has 0 bridgehead atoms. The number of rotatable bonds is 10. The first-order valence-corrected chi connectivity index (χ1v) is 10.9. The lowest BCUT2D eigenvalue weighted by Gasteiger charge is -2.24. The highest BCUT2D eigenvalue weighted by molar-refractivity contribution is 6.33. The van der Waals surface area contributed by atoms with Crippen LogP contribution in [0.15, 0.2) is 66.7 Å². The molecule has 0 radical (unpaired) electrons. The molecular formula is C26H28ClNO4. The van der Waals surface area contributed by atoms with Crippen molar-refractivity contribution in [2.24, 2.45) is 0 Å². The Kier molecular flexibility index (Phi) is 8.40. The van der Waals surface area contributed by atoms with E-state index in [1.807, 2.05) is 66.4 Å². The van der Waals surface area contributed by atoms with Crippen LogP contribution in [0.1, 0.15) is 28.4 Å². The molecule has 32 heavy (non-hydrogen) atoms. The minimum atomic E-state index is -0.107. The number of methoxy groups -OCH3 is 2. The maximum atomic E-state index is 13.4. The van der Waals surface area contributed by atoms with Crippen LogP contribution in [0.25, 0.3) is 0 Å². The zero-order chi connectivity index (χ0) is 22.9. The quantitative estimate of drug-likeness (QED) is 0.398. The second-order valence-corrected chi connectivity index (χ2v) is 7.63. The van der Waals surface area contributed by atoms with E-state index in [1.165, 1.54) is 0 Å². The number of hydrogen-bond acceptors (Lipinski definition) is 4. The van der Waals surface area contributed by atoms with Crippen molar-refractivity contribution in [3.05, 3.63) is 88.4 Å². The highest BCUT2D eigenvalue weighted by atomic mass is 35.5. The van der Waals surface area contributed by atoms with Gasteiger partial charge in [0.1, 0.15) is 5.75 Å². The third-order valence-electron chi connectivity index (χ3n) is 5.12. The van der Waals surface area contributed by atoms with Crippen molar-refractivity contribution in [1.82, 2.24) is 4.90 Å². The number of amides is 1. The third kappa shape index (κ3) is 5.95. The van der Waals surface area contributed by atoms with Crippen LogP contribution in [-0.2, 0) is 13.0 Å². The minimum Gasteiger partial charge on any atom is -0.494 e. The minimum absolute atomic E-state index is 0.107. The Labute approximate surface area is 194 Å². The van der Waals surface area contributed by atoms with Crippen LogP contribution in [0.2, 0.25) is 5.02 Å². The maximum absolute atomic E-state index is 13.4. The van der Waals surface area contributed by atoms with E-state index in [0.29, 0.717) is 48.2 Å². The molecule has 0 aromatic heterocycles. The van der Waals surface area contributed by atoms with Crippen molar-refractivity contribution in [1.29, 1.82) is 0 Å². The highest BCUT2D eigenvalue weighted by Gasteiger charge is 2.19. The van der Waals surface area contributed by atoms with Gasteiger partial charge in [-0.2, -0.15) is 0 Å². The van der Waals surface area contributed by atoms with Gasteiger partial charge in [-0.1, -0.05) is 41.9 Å². The van der Waals surface area contributed by atoms with Gasteiger partial charge in [-0.15, -0.1) is 0 Å². The molecule has 3 aromatic rings. The number of halogens is 1. The summed E-state index contributed by atoms with van der Waals surface area (Å²) in [5, 5.41) is 0.445.